The van der Waals surface area contributed by atoms with Crippen molar-refractivity contribution in [3.8, 4) is 5.75 Å². The Morgan fingerprint density at radius 3 is 2.57 bits per heavy atom. The van der Waals surface area contributed by atoms with Crippen LogP contribution in [0.3, 0.4) is 0 Å². The van der Waals surface area contributed by atoms with Gasteiger partial charge >= 0.3 is 0 Å². The molecule has 4 rings (SSSR count). The van der Waals surface area contributed by atoms with Crippen LogP contribution in [0.4, 0.5) is 0 Å². The number of hydrogen-bond acceptors (Lipinski definition) is 2. The van der Waals surface area contributed by atoms with E-state index in [1.165, 1.54) is 24.8 Å². The first kappa shape index (κ1) is 15.0. The molecule has 2 heterocycles. The van der Waals surface area contributed by atoms with Crippen LogP contribution in [0.2, 0.25) is 0 Å². The van der Waals surface area contributed by atoms with Crippen LogP contribution in [0.25, 0.3) is 0 Å². The minimum atomic E-state index is -0.0301. The van der Waals surface area contributed by atoms with Gasteiger partial charge in [-0.3, -0.25) is 4.79 Å². The Labute approximate surface area is 139 Å². The van der Waals surface area contributed by atoms with E-state index in [0.29, 0.717) is 11.8 Å². The number of aryl methyl sites for hydroxylation is 1. The van der Waals surface area contributed by atoms with Crippen molar-refractivity contribution in [2.24, 2.45) is 5.92 Å². The van der Waals surface area contributed by atoms with E-state index < -0.39 is 0 Å². The fourth-order valence-corrected chi connectivity index (χ4v) is 4.55. The Bertz CT molecular complexity index is 569. The van der Waals surface area contributed by atoms with Crippen molar-refractivity contribution in [1.29, 1.82) is 0 Å². The summed E-state index contributed by atoms with van der Waals surface area (Å²) >= 11 is 0. The molecular formula is C20H27NO2. The van der Waals surface area contributed by atoms with Gasteiger partial charge in [0.2, 0.25) is 5.91 Å². The van der Waals surface area contributed by atoms with E-state index in [4.69, 9.17) is 4.74 Å². The second kappa shape index (κ2) is 6.18. The molecule has 1 aromatic rings. The molecule has 3 nitrogen and oxygen atoms in total. The van der Waals surface area contributed by atoms with E-state index >= 15 is 0 Å². The molecule has 23 heavy (non-hydrogen) atoms. The maximum absolute atomic E-state index is 12.7. The Kier molecular flexibility index (Phi) is 4.04. The number of para-hydroxylation sites is 1. The van der Waals surface area contributed by atoms with Crippen molar-refractivity contribution < 1.29 is 9.53 Å². The van der Waals surface area contributed by atoms with Gasteiger partial charge in [-0.2, -0.15) is 0 Å². The van der Waals surface area contributed by atoms with Crippen LogP contribution in [0.5, 0.6) is 5.75 Å². The van der Waals surface area contributed by atoms with Gasteiger partial charge in [-0.25, -0.2) is 0 Å². The van der Waals surface area contributed by atoms with Gasteiger partial charge in [0.25, 0.3) is 0 Å². The van der Waals surface area contributed by atoms with E-state index in [1.807, 2.05) is 0 Å². The van der Waals surface area contributed by atoms with Crippen molar-refractivity contribution in [3.63, 3.8) is 0 Å². The standard InChI is InChI=1S/C20H27NO2/c22-19(17-7-2-1-3-8-17)21-14-12-20(13-15-21)11-10-16-6-4-5-9-18(16)23-20/h4-6,9,17H,1-3,7-8,10-15H2. The molecule has 1 aromatic carbocycles. The summed E-state index contributed by atoms with van der Waals surface area (Å²) in [5, 5.41) is 0. The van der Waals surface area contributed by atoms with Crippen LogP contribution in [0.15, 0.2) is 24.3 Å². The summed E-state index contributed by atoms with van der Waals surface area (Å²) in [6.45, 7) is 1.75. The van der Waals surface area contributed by atoms with Gasteiger partial charge in [-0.05, 0) is 37.3 Å². The SMILES string of the molecule is O=C(C1CCCCC1)N1CCC2(CCc3ccccc3O2)CC1. The lowest BCUT2D eigenvalue weighted by molar-refractivity contribution is -0.140. The molecule has 0 N–H and O–H groups in total. The number of piperidine rings is 1. The number of carbonyl (C=O) groups excluding carboxylic acids is 1. The van der Waals surface area contributed by atoms with Crippen LogP contribution in [-0.2, 0) is 11.2 Å². The number of benzene rings is 1. The number of nitrogens with zero attached hydrogens (tertiary/aromatic N) is 1. The van der Waals surface area contributed by atoms with Gasteiger partial charge in [-0.1, -0.05) is 37.5 Å². The van der Waals surface area contributed by atoms with Crippen LogP contribution in [0, 0.1) is 5.92 Å². The first-order valence-corrected chi connectivity index (χ1v) is 9.32. The summed E-state index contributed by atoms with van der Waals surface area (Å²) in [5.74, 6) is 1.77. The third-order valence-corrected chi connectivity index (χ3v) is 6.09. The maximum atomic E-state index is 12.7. The van der Waals surface area contributed by atoms with E-state index in [9.17, 15) is 4.79 Å². The number of carbonyl (C=O) groups is 1. The molecule has 1 aliphatic carbocycles. The molecule has 0 unspecified atom stereocenters. The second-order valence-electron chi connectivity index (χ2n) is 7.55. The monoisotopic (exact) mass is 313 g/mol. The maximum Gasteiger partial charge on any atom is 0.225 e. The van der Waals surface area contributed by atoms with Crippen LogP contribution in [0.1, 0.15) is 56.9 Å². The number of ether oxygens (including phenoxy) is 1. The van der Waals surface area contributed by atoms with Gasteiger partial charge in [0.15, 0.2) is 0 Å². The molecule has 1 amide bonds. The molecule has 1 spiro atoms. The highest BCUT2D eigenvalue weighted by molar-refractivity contribution is 5.79. The van der Waals surface area contributed by atoms with Crippen molar-refractivity contribution in [2.75, 3.05) is 13.1 Å². The molecule has 1 saturated heterocycles. The lowest BCUT2D eigenvalue weighted by Crippen LogP contribution is -2.52. The predicted octanol–water partition coefficient (Wildman–Crippen LogP) is 3.95. The summed E-state index contributed by atoms with van der Waals surface area (Å²) in [6.07, 6.45) is 10.1. The lowest BCUT2D eigenvalue weighted by atomic mass is 9.82. The molecule has 1 saturated carbocycles. The first-order valence-electron chi connectivity index (χ1n) is 9.32. The highest BCUT2D eigenvalue weighted by Crippen LogP contribution is 2.39. The third kappa shape index (κ3) is 2.98. The summed E-state index contributed by atoms with van der Waals surface area (Å²) in [6, 6.07) is 8.41. The Balaban J connectivity index is 1.38. The molecule has 3 heteroatoms. The van der Waals surface area contributed by atoms with E-state index in [2.05, 4.69) is 29.2 Å². The average molecular weight is 313 g/mol. The van der Waals surface area contributed by atoms with Gasteiger partial charge in [-0.15, -0.1) is 0 Å². The third-order valence-electron chi connectivity index (χ3n) is 6.09. The highest BCUT2D eigenvalue weighted by Gasteiger charge is 2.41. The fourth-order valence-electron chi connectivity index (χ4n) is 4.55. The topological polar surface area (TPSA) is 29.5 Å². The smallest absolute Gasteiger partial charge is 0.225 e. The normalized spacial score (nSPS) is 24.1. The van der Waals surface area contributed by atoms with Crippen molar-refractivity contribution in [3.05, 3.63) is 29.8 Å². The van der Waals surface area contributed by atoms with Gasteiger partial charge in [0.05, 0.1) is 0 Å². The van der Waals surface area contributed by atoms with E-state index in [1.54, 1.807) is 0 Å². The predicted molar refractivity (Wildman–Crippen MR) is 90.5 cm³/mol. The number of hydrogen-bond donors (Lipinski definition) is 0. The number of rotatable bonds is 1. The fraction of sp³-hybridized carbons (Fsp3) is 0.650. The van der Waals surface area contributed by atoms with Crippen molar-refractivity contribution >= 4 is 5.91 Å². The molecular weight excluding hydrogens is 286 g/mol. The molecule has 124 valence electrons. The van der Waals surface area contributed by atoms with Crippen LogP contribution >= 0.6 is 0 Å². The molecule has 0 radical (unpaired) electrons. The second-order valence-corrected chi connectivity index (χ2v) is 7.55. The molecule has 0 atom stereocenters. The zero-order chi connectivity index (χ0) is 15.7. The quantitative estimate of drug-likeness (QED) is 0.785. The van der Waals surface area contributed by atoms with Gasteiger partial charge in [0, 0.05) is 31.8 Å². The minimum absolute atomic E-state index is 0.0301. The van der Waals surface area contributed by atoms with Crippen LogP contribution in [-0.4, -0.2) is 29.5 Å². The number of likely N-dealkylation sites (tertiary alicyclic amines) is 1. The molecule has 0 aromatic heterocycles. The average Bonchev–Trinajstić information content (AvgIpc) is 2.62. The summed E-state index contributed by atoms with van der Waals surface area (Å²) in [4.78, 5) is 14.8. The van der Waals surface area contributed by atoms with E-state index in [0.717, 1.165) is 57.4 Å². The molecule has 3 aliphatic rings. The molecule has 2 aliphatic heterocycles. The molecule has 0 bridgehead atoms. The summed E-state index contributed by atoms with van der Waals surface area (Å²) in [7, 11) is 0. The Hall–Kier alpha value is -1.51. The van der Waals surface area contributed by atoms with Gasteiger partial charge in [0.1, 0.15) is 11.4 Å². The summed E-state index contributed by atoms with van der Waals surface area (Å²) < 4.78 is 6.40. The first-order chi connectivity index (χ1) is 11.3. The molecule has 2 fully saturated rings. The van der Waals surface area contributed by atoms with Crippen molar-refractivity contribution in [1.82, 2.24) is 4.90 Å². The highest BCUT2D eigenvalue weighted by atomic mass is 16.5. The minimum Gasteiger partial charge on any atom is -0.487 e. The number of fused-ring (bicyclic) bond motifs is 1. The van der Waals surface area contributed by atoms with Crippen molar-refractivity contribution in [2.45, 2.75) is 63.4 Å². The zero-order valence-corrected chi connectivity index (χ0v) is 13.9. The van der Waals surface area contributed by atoms with E-state index in [-0.39, 0.29) is 5.60 Å². The van der Waals surface area contributed by atoms with Gasteiger partial charge < -0.3 is 9.64 Å². The van der Waals surface area contributed by atoms with Crippen LogP contribution < -0.4 is 4.74 Å². The number of amides is 1. The Morgan fingerprint density at radius 2 is 1.78 bits per heavy atom. The lowest BCUT2D eigenvalue weighted by Gasteiger charge is -2.45. The Morgan fingerprint density at radius 1 is 1.04 bits per heavy atom. The summed E-state index contributed by atoms with van der Waals surface area (Å²) in [5.41, 5.74) is 1.30. The zero-order valence-electron chi connectivity index (χ0n) is 13.9. The largest absolute Gasteiger partial charge is 0.487 e.